The molecule has 1 fully saturated rings. The molecule has 0 N–H and O–H groups in total. The van der Waals surface area contributed by atoms with Crippen molar-refractivity contribution in [3.63, 3.8) is 0 Å². The Hall–Kier alpha value is -4.67. The lowest BCUT2D eigenvalue weighted by Crippen LogP contribution is -2.45. The van der Waals surface area contributed by atoms with E-state index in [4.69, 9.17) is 9.47 Å². The summed E-state index contributed by atoms with van der Waals surface area (Å²) in [6, 6.07) is 14.7. The highest BCUT2D eigenvalue weighted by Crippen LogP contribution is 2.32. The van der Waals surface area contributed by atoms with Crippen LogP contribution in [0.1, 0.15) is 39.7 Å². The maximum Gasteiger partial charge on any atom is 0.410 e. The van der Waals surface area contributed by atoms with Crippen molar-refractivity contribution >= 4 is 29.3 Å². The summed E-state index contributed by atoms with van der Waals surface area (Å²) in [5.41, 5.74) is 0.304. The van der Waals surface area contributed by atoms with Crippen LogP contribution in [0, 0.1) is 5.82 Å². The fourth-order valence-corrected chi connectivity index (χ4v) is 4.99. The second kappa shape index (κ2) is 11.7. The highest BCUT2D eigenvalue weighted by atomic mass is 19.1. The van der Waals surface area contributed by atoms with E-state index >= 15 is 4.39 Å². The number of fused-ring (bicyclic) bond motifs is 1. The number of pyridine rings is 1. The number of amides is 1. The third-order valence-electron chi connectivity index (χ3n) is 6.73. The van der Waals surface area contributed by atoms with Crippen LogP contribution in [0.4, 0.5) is 15.0 Å². The Balaban J connectivity index is 1.61. The first-order valence-electron chi connectivity index (χ1n) is 13.8. The number of carbonyl (C=O) groups excluding carboxylic acids is 1. The number of aromatic nitrogens is 3. The molecule has 42 heavy (non-hydrogen) atoms. The molecule has 0 spiro atoms. The number of carbonyl (C=O) groups is 1. The van der Waals surface area contributed by atoms with Crippen LogP contribution in [0.15, 0.2) is 70.6 Å². The maximum absolute atomic E-state index is 15.4. The molecule has 0 aliphatic carbocycles. The largest absolute Gasteiger partial charge is 0.454 e. The molecular formula is C31H35FN6O4. The van der Waals surface area contributed by atoms with Crippen molar-refractivity contribution in [3.05, 3.63) is 77.1 Å². The van der Waals surface area contributed by atoms with Crippen molar-refractivity contribution in [2.75, 3.05) is 27.2 Å². The number of aliphatic imine (C=N–C) groups is 1. The first-order chi connectivity index (χ1) is 20.0. The lowest BCUT2D eigenvalue weighted by Gasteiger charge is -2.34. The van der Waals surface area contributed by atoms with Crippen LogP contribution >= 0.6 is 0 Å². The predicted octanol–water partition coefficient (Wildman–Crippen LogP) is 5.91. The molecule has 1 atom stereocenters. The fourth-order valence-electron chi connectivity index (χ4n) is 4.99. The molecule has 0 saturated carbocycles. The van der Waals surface area contributed by atoms with E-state index in [0.717, 1.165) is 0 Å². The average Bonchev–Trinajstić information content (AvgIpc) is 3.25. The van der Waals surface area contributed by atoms with E-state index in [9.17, 15) is 9.59 Å². The van der Waals surface area contributed by atoms with Gasteiger partial charge < -0.3 is 19.3 Å². The molecular weight excluding hydrogens is 539 g/mol. The third-order valence-corrected chi connectivity index (χ3v) is 6.73. The van der Waals surface area contributed by atoms with Crippen molar-refractivity contribution in [1.29, 1.82) is 0 Å². The van der Waals surface area contributed by atoms with Gasteiger partial charge in [0.2, 0.25) is 0 Å². The van der Waals surface area contributed by atoms with Crippen LogP contribution in [-0.4, -0.2) is 69.1 Å². The molecule has 5 rings (SSSR count). The molecule has 2 aromatic heterocycles. The van der Waals surface area contributed by atoms with Gasteiger partial charge in [-0.3, -0.25) is 9.13 Å². The van der Waals surface area contributed by atoms with Crippen molar-refractivity contribution in [2.24, 2.45) is 4.99 Å². The minimum Gasteiger partial charge on any atom is -0.454 e. The zero-order chi connectivity index (χ0) is 30.0. The average molecular weight is 575 g/mol. The second-order valence-corrected chi connectivity index (χ2v) is 11.5. The summed E-state index contributed by atoms with van der Waals surface area (Å²) < 4.78 is 29.8. The van der Waals surface area contributed by atoms with Crippen LogP contribution in [0.2, 0.25) is 0 Å². The zero-order valence-corrected chi connectivity index (χ0v) is 24.5. The minimum atomic E-state index is -0.637. The van der Waals surface area contributed by atoms with Gasteiger partial charge in [-0.25, -0.2) is 24.0 Å². The Morgan fingerprint density at radius 2 is 1.90 bits per heavy atom. The number of nitrogens with zero attached hydrogens (tertiary/aromatic N) is 6. The SMILES string of the molecule is CN(C)C=Nc1nccc2c1n(-c1ccc(Oc3ccccc3)c(F)c1)c(=O)n2[C@@H]1CCCN(C(=O)OC(C)(C)C)C1. The van der Waals surface area contributed by atoms with Crippen molar-refractivity contribution < 1.29 is 18.7 Å². The van der Waals surface area contributed by atoms with Crippen LogP contribution in [0.3, 0.4) is 0 Å². The molecule has 3 heterocycles. The van der Waals surface area contributed by atoms with Crippen LogP contribution < -0.4 is 10.4 Å². The van der Waals surface area contributed by atoms with Gasteiger partial charge in [0.1, 0.15) is 16.9 Å². The highest BCUT2D eigenvalue weighted by Gasteiger charge is 2.31. The van der Waals surface area contributed by atoms with Gasteiger partial charge in [0.05, 0.1) is 23.6 Å². The van der Waals surface area contributed by atoms with Gasteiger partial charge in [-0.05, 0) is 63.9 Å². The zero-order valence-electron chi connectivity index (χ0n) is 24.5. The number of benzene rings is 2. The summed E-state index contributed by atoms with van der Waals surface area (Å²) in [4.78, 5) is 39.5. The summed E-state index contributed by atoms with van der Waals surface area (Å²) in [6.07, 6.45) is 4.14. The van der Waals surface area contributed by atoms with E-state index in [1.807, 2.05) is 40.9 Å². The number of hydrogen-bond acceptors (Lipinski definition) is 6. The topological polar surface area (TPSA) is 94.2 Å². The molecule has 11 heteroatoms. The molecule has 4 aromatic rings. The number of halogens is 1. The molecule has 10 nitrogen and oxygen atoms in total. The number of piperidine rings is 1. The van der Waals surface area contributed by atoms with Gasteiger partial charge >= 0.3 is 11.8 Å². The molecule has 1 aliphatic heterocycles. The van der Waals surface area contributed by atoms with E-state index in [-0.39, 0.29) is 17.5 Å². The number of para-hydroxylation sites is 1. The summed E-state index contributed by atoms with van der Waals surface area (Å²) in [5.74, 6) is 0.210. The molecule has 1 aliphatic rings. The molecule has 0 unspecified atom stereocenters. The first-order valence-corrected chi connectivity index (χ1v) is 13.8. The Bertz CT molecular complexity index is 1670. The molecule has 2 aromatic carbocycles. The van der Waals surface area contributed by atoms with Crippen molar-refractivity contribution in [2.45, 2.75) is 45.3 Å². The second-order valence-electron chi connectivity index (χ2n) is 11.5. The van der Waals surface area contributed by atoms with Gasteiger partial charge in [-0.15, -0.1) is 0 Å². The Morgan fingerprint density at radius 1 is 1.14 bits per heavy atom. The number of ether oxygens (including phenoxy) is 2. The van der Waals surface area contributed by atoms with Crippen LogP contribution in [-0.2, 0) is 4.74 Å². The molecule has 1 amide bonds. The Labute approximate surface area is 243 Å². The van der Waals surface area contributed by atoms with Gasteiger partial charge in [0.15, 0.2) is 17.4 Å². The summed E-state index contributed by atoms with van der Waals surface area (Å²) in [7, 11) is 3.66. The van der Waals surface area contributed by atoms with E-state index in [1.54, 1.807) is 63.3 Å². The number of imidazole rings is 1. The first kappa shape index (κ1) is 28.8. The van der Waals surface area contributed by atoms with E-state index in [2.05, 4.69) is 9.98 Å². The predicted molar refractivity (Wildman–Crippen MR) is 160 cm³/mol. The van der Waals surface area contributed by atoms with E-state index < -0.39 is 17.5 Å². The van der Waals surface area contributed by atoms with Gasteiger partial charge in [-0.1, -0.05) is 18.2 Å². The standard InChI is InChI=1S/C31H35FN6O4/c1-31(2,3)42-30(40)36-17-9-10-22(19-36)37-25-15-16-33-28(34-20-35(4)5)27(25)38(29(37)39)21-13-14-26(24(32)18-21)41-23-11-7-6-8-12-23/h6-8,11-16,18,20,22H,9-10,17,19H2,1-5H3/t22-/m1/s1. The van der Waals surface area contributed by atoms with Crippen molar-refractivity contribution in [3.8, 4) is 17.2 Å². The number of rotatable bonds is 6. The quantitative estimate of drug-likeness (QED) is 0.210. The highest BCUT2D eigenvalue weighted by molar-refractivity contribution is 5.88. The Kier molecular flexibility index (Phi) is 8.02. The van der Waals surface area contributed by atoms with Gasteiger partial charge in [-0.2, -0.15) is 0 Å². The van der Waals surface area contributed by atoms with Gasteiger partial charge in [0.25, 0.3) is 0 Å². The van der Waals surface area contributed by atoms with Crippen LogP contribution in [0.25, 0.3) is 16.7 Å². The molecule has 1 saturated heterocycles. The third kappa shape index (κ3) is 6.14. The number of likely N-dealkylation sites (tertiary alicyclic amines) is 1. The normalized spacial score (nSPS) is 15.8. The summed E-state index contributed by atoms with van der Waals surface area (Å²) in [5, 5.41) is 0. The lowest BCUT2D eigenvalue weighted by molar-refractivity contribution is 0.0173. The Morgan fingerprint density at radius 3 is 2.60 bits per heavy atom. The van der Waals surface area contributed by atoms with Crippen molar-refractivity contribution in [1.82, 2.24) is 23.9 Å². The van der Waals surface area contributed by atoms with Crippen LogP contribution in [0.5, 0.6) is 11.5 Å². The molecule has 220 valence electrons. The summed E-state index contributed by atoms with van der Waals surface area (Å²) >= 11 is 0. The smallest absolute Gasteiger partial charge is 0.410 e. The number of hydrogen-bond donors (Lipinski definition) is 0. The van der Waals surface area contributed by atoms with E-state index in [0.29, 0.717) is 54.2 Å². The lowest BCUT2D eigenvalue weighted by atomic mass is 10.1. The monoisotopic (exact) mass is 574 g/mol. The van der Waals surface area contributed by atoms with E-state index in [1.165, 1.54) is 16.7 Å². The van der Waals surface area contributed by atoms with Gasteiger partial charge in [0, 0.05) is 39.4 Å². The minimum absolute atomic E-state index is 0.0333. The molecule has 0 bridgehead atoms. The fraction of sp³-hybridized carbons (Fsp3) is 0.355. The maximum atomic E-state index is 15.4. The molecule has 0 radical (unpaired) electrons. The summed E-state index contributed by atoms with van der Waals surface area (Å²) in [6.45, 7) is 6.30.